The van der Waals surface area contributed by atoms with Crippen LogP contribution >= 0.6 is 11.6 Å². The minimum absolute atomic E-state index is 0.0385. The third-order valence-corrected chi connectivity index (χ3v) is 5.94. The van der Waals surface area contributed by atoms with Crippen molar-refractivity contribution in [3.05, 3.63) is 58.6 Å². The molecule has 0 spiro atoms. The number of piperidine rings is 1. The van der Waals surface area contributed by atoms with Crippen LogP contribution in [0.25, 0.3) is 0 Å². The number of methoxy groups -OCH3 is 1. The van der Waals surface area contributed by atoms with Crippen molar-refractivity contribution in [2.45, 2.75) is 43.9 Å². The maximum Gasteiger partial charge on any atom is 0.139 e. The van der Waals surface area contributed by atoms with Gasteiger partial charge in [0.25, 0.3) is 0 Å². The van der Waals surface area contributed by atoms with Crippen molar-refractivity contribution in [2.24, 2.45) is 5.73 Å². The van der Waals surface area contributed by atoms with E-state index in [1.165, 1.54) is 11.1 Å². The molecule has 0 amide bonds. The highest BCUT2D eigenvalue weighted by atomic mass is 35.5. The van der Waals surface area contributed by atoms with Gasteiger partial charge in [-0.05, 0) is 55.5 Å². The van der Waals surface area contributed by atoms with Crippen LogP contribution in [0.5, 0.6) is 11.5 Å². The molecule has 3 atom stereocenters. The van der Waals surface area contributed by atoms with Crippen LogP contribution in [0.4, 0.5) is 0 Å². The monoisotopic (exact) mass is 386 g/mol. The fourth-order valence-corrected chi connectivity index (χ4v) is 4.64. The maximum atomic E-state index is 6.56. The highest BCUT2D eigenvalue weighted by Gasteiger charge is 2.36. The van der Waals surface area contributed by atoms with Gasteiger partial charge in [0.1, 0.15) is 17.6 Å². The maximum absolute atomic E-state index is 6.56. The lowest BCUT2D eigenvalue weighted by atomic mass is 9.84. The average molecular weight is 387 g/mol. The average Bonchev–Trinajstić information content (AvgIpc) is 2.67. The van der Waals surface area contributed by atoms with E-state index in [1.807, 2.05) is 12.1 Å². The van der Waals surface area contributed by atoms with Gasteiger partial charge in [0, 0.05) is 23.7 Å². The molecule has 2 aromatic rings. The SMILES string of the molecule is COc1cc(Cl)cc(OC2c3ccccc3CCC2N2CCC[C@H](N)C2)c1. The molecular formula is C22H27ClN2O2. The molecule has 144 valence electrons. The molecule has 0 saturated carbocycles. The molecule has 1 aliphatic heterocycles. The number of hydrogen-bond donors (Lipinski definition) is 1. The van der Waals surface area contributed by atoms with E-state index in [0.717, 1.165) is 44.5 Å². The molecule has 1 heterocycles. The summed E-state index contributed by atoms with van der Waals surface area (Å²) >= 11 is 6.26. The number of likely N-dealkylation sites (tertiary alicyclic amines) is 1. The second-order valence-electron chi connectivity index (χ2n) is 7.57. The van der Waals surface area contributed by atoms with Crippen LogP contribution in [0.2, 0.25) is 5.02 Å². The molecule has 4 nitrogen and oxygen atoms in total. The summed E-state index contributed by atoms with van der Waals surface area (Å²) in [5.41, 5.74) is 8.91. The molecule has 1 saturated heterocycles. The van der Waals surface area contributed by atoms with E-state index in [9.17, 15) is 0 Å². The standard InChI is InChI=1S/C22H27ClN2O2/c1-26-18-11-16(23)12-19(13-18)27-22-20-7-3-2-5-15(20)8-9-21(22)25-10-4-6-17(24)14-25/h2-3,5,7,11-13,17,21-22H,4,6,8-10,14,24H2,1H3/t17-,21?,22?/m0/s1. The molecule has 27 heavy (non-hydrogen) atoms. The van der Waals surface area contributed by atoms with E-state index in [-0.39, 0.29) is 12.1 Å². The Hall–Kier alpha value is -1.75. The number of hydrogen-bond acceptors (Lipinski definition) is 4. The largest absolute Gasteiger partial charge is 0.497 e. The number of nitrogens with two attached hydrogens (primary N) is 1. The predicted molar refractivity (Wildman–Crippen MR) is 109 cm³/mol. The van der Waals surface area contributed by atoms with Gasteiger partial charge >= 0.3 is 0 Å². The van der Waals surface area contributed by atoms with Gasteiger partial charge in [-0.3, -0.25) is 4.90 Å². The molecule has 5 heteroatoms. The Morgan fingerprint density at radius 2 is 1.93 bits per heavy atom. The molecule has 2 aliphatic rings. The smallest absolute Gasteiger partial charge is 0.139 e. The van der Waals surface area contributed by atoms with Crippen LogP contribution in [-0.2, 0) is 6.42 Å². The highest BCUT2D eigenvalue weighted by Crippen LogP contribution is 2.38. The summed E-state index contributed by atoms with van der Waals surface area (Å²) in [4.78, 5) is 2.52. The van der Waals surface area contributed by atoms with Crippen LogP contribution in [0.1, 0.15) is 36.5 Å². The van der Waals surface area contributed by atoms with E-state index < -0.39 is 0 Å². The number of aryl methyl sites for hydroxylation is 1. The van der Waals surface area contributed by atoms with E-state index >= 15 is 0 Å². The lowest BCUT2D eigenvalue weighted by molar-refractivity contribution is 0.0366. The number of ether oxygens (including phenoxy) is 2. The molecule has 2 aromatic carbocycles. The van der Waals surface area contributed by atoms with Crippen LogP contribution in [0.15, 0.2) is 42.5 Å². The van der Waals surface area contributed by atoms with Crippen molar-refractivity contribution in [3.63, 3.8) is 0 Å². The van der Waals surface area contributed by atoms with Gasteiger partial charge in [-0.1, -0.05) is 35.9 Å². The summed E-state index contributed by atoms with van der Waals surface area (Å²) in [7, 11) is 1.64. The third-order valence-electron chi connectivity index (χ3n) is 5.72. The van der Waals surface area contributed by atoms with Gasteiger partial charge in [-0.15, -0.1) is 0 Å². The molecule has 2 N–H and O–H groups in total. The normalized spacial score (nSPS) is 25.7. The zero-order valence-corrected chi connectivity index (χ0v) is 16.5. The van der Waals surface area contributed by atoms with Crippen LogP contribution < -0.4 is 15.2 Å². The molecule has 1 fully saturated rings. The first-order valence-corrected chi connectivity index (χ1v) is 10.1. The first kappa shape index (κ1) is 18.6. The van der Waals surface area contributed by atoms with E-state index in [2.05, 4.69) is 29.2 Å². The van der Waals surface area contributed by atoms with Crippen molar-refractivity contribution in [3.8, 4) is 11.5 Å². The van der Waals surface area contributed by atoms with Gasteiger partial charge in [-0.25, -0.2) is 0 Å². The summed E-state index contributed by atoms with van der Waals surface area (Å²) in [6, 6.07) is 14.7. The van der Waals surface area contributed by atoms with Gasteiger partial charge in [0.2, 0.25) is 0 Å². The van der Waals surface area contributed by atoms with E-state index in [1.54, 1.807) is 13.2 Å². The summed E-state index contributed by atoms with van der Waals surface area (Å²) in [5, 5.41) is 0.616. The third kappa shape index (κ3) is 4.08. The Balaban J connectivity index is 1.67. The van der Waals surface area contributed by atoms with E-state index in [4.69, 9.17) is 26.8 Å². The molecule has 2 unspecified atom stereocenters. The van der Waals surface area contributed by atoms with Crippen molar-refractivity contribution in [1.29, 1.82) is 0 Å². The van der Waals surface area contributed by atoms with Crippen molar-refractivity contribution < 1.29 is 9.47 Å². The number of fused-ring (bicyclic) bond motifs is 1. The summed E-state index contributed by atoms with van der Waals surface area (Å²) < 4.78 is 11.9. The summed E-state index contributed by atoms with van der Waals surface area (Å²) in [6.07, 6.45) is 4.37. The number of halogens is 1. The minimum Gasteiger partial charge on any atom is -0.497 e. The van der Waals surface area contributed by atoms with Gasteiger partial charge in [0.05, 0.1) is 13.2 Å². The minimum atomic E-state index is -0.0385. The quantitative estimate of drug-likeness (QED) is 0.855. The second kappa shape index (κ2) is 8.09. The molecule has 1 aliphatic carbocycles. The Morgan fingerprint density at radius 1 is 1.11 bits per heavy atom. The second-order valence-corrected chi connectivity index (χ2v) is 8.00. The van der Waals surface area contributed by atoms with Gasteiger partial charge in [0.15, 0.2) is 0 Å². The molecule has 0 bridgehead atoms. The molecule has 0 aromatic heterocycles. The molecule has 0 radical (unpaired) electrons. The number of benzene rings is 2. The number of rotatable bonds is 4. The predicted octanol–water partition coefficient (Wildman–Crippen LogP) is 4.21. The van der Waals surface area contributed by atoms with Crippen LogP contribution in [0, 0.1) is 0 Å². The zero-order valence-electron chi connectivity index (χ0n) is 15.7. The lowest BCUT2D eigenvalue weighted by Gasteiger charge is -2.43. The Bertz CT molecular complexity index is 798. The molecular weight excluding hydrogens is 360 g/mol. The Kier molecular flexibility index (Phi) is 5.58. The Morgan fingerprint density at radius 3 is 2.74 bits per heavy atom. The lowest BCUT2D eigenvalue weighted by Crippen LogP contribution is -2.51. The van der Waals surface area contributed by atoms with Crippen LogP contribution in [-0.4, -0.2) is 37.2 Å². The van der Waals surface area contributed by atoms with E-state index in [0.29, 0.717) is 16.8 Å². The summed E-state index contributed by atoms with van der Waals surface area (Å²) in [5.74, 6) is 1.45. The first-order chi connectivity index (χ1) is 13.1. The fraction of sp³-hybridized carbons (Fsp3) is 0.455. The Labute approximate surface area is 166 Å². The highest BCUT2D eigenvalue weighted by molar-refractivity contribution is 6.30. The summed E-state index contributed by atoms with van der Waals surface area (Å²) in [6.45, 7) is 2.02. The molecule has 4 rings (SSSR count). The van der Waals surface area contributed by atoms with Crippen molar-refractivity contribution in [2.75, 3.05) is 20.2 Å². The first-order valence-electron chi connectivity index (χ1n) is 9.72. The zero-order chi connectivity index (χ0) is 18.8. The topological polar surface area (TPSA) is 47.7 Å². The van der Waals surface area contributed by atoms with Crippen molar-refractivity contribution >= 4 is 11.6 Å². The fourth-order valence-electron chi connectivity index (χ4n) is 4.43. The van der Waals surface area contributed by atoms with Crippen molar-refractivity contribution in [1.82, 2.24) is 4.90 Å². The van der Waals surface area contributed by atoms with Crippen LogP contribution in [0.3, 0.4) is 0 Å². The van der Waals surface area contributed by atoms with Gasteiger partial charge in [-0.2, -0.15) is 0 Å². The number of nitrogens with zero attached hydrogens (tertiary/aromatic N) is 1. The van der Waals surface area contributed by atoms with Gasteiger partial charge < -0.3 is 15.2 Å².